The fourth-order valence-corrected chi connectivity index (χ4v) is 1.23. The van der Waals surface area contributed by atoms with E-state index in [1.807, 2.05) is 0 Å². The van der Waals surface area contributed by atoms with Crippen LogP contribution in [0.5, 0.6) is 0 Å². The molecule has 0 heterocycles. The van der Waals surface area contributed by atoms with E-state index in [0.717, 1.165) is 0 Å². The lowest BCUT2D eigenvalue weighted by molar-refractivity contribution is -0.140. The first-order chi connectivity index (χ1) is 7.63. The standard InChI is InChI=1S/C7H13O9P/c8-3-7(12,4-9)1-5(10)6(11)2-16-17(13,14)15/h3-6,10-12H,1-2H2,(H2,13,14,15)/t5-,6+/m0/s1. The van der Waals surface area contributed by atoms with Gasteiger partial charge < -0.3 is 25.1 Å². The highest BCUT2D eigenvalue weighted by Gasteiger charge is 2.33. The Hall–Kier alpha value is -0.670. The van der Waals surface area contributed by atoms with Crippen LogP contribution in [0.2, 0.25) is 0 Å². The van der Waals surface area contributed by atoms with Crippen LogP contribution in [0.1, 0.15) is 6.42 Å². The average Bonchev–Trinajstić information content (AvgIpc) is 2.24. The number of aliphatic hydroxyl groups excluding tert-OH is 2. The van der Waals surface area contributed by atoms with Crippen LogP contribution in [0.25, 0.3) is 0 Å². The Kier molecular flexibility index (Phi) is 6.06. The van der Waals surface area contributed by atoms with E-state index in [2.05, 4.69) is 4.52 Å². The van der Waals surface area contributed by atoms with Crippen molar-refractivity contribution in [1.82, 2.24) is 0 Å². The molecular formula is C7H13O9P. The van der Waals surface area contributed by atoms with Gasteiger partial charge in [0.05, 0.1) is 12.7 Å². The van der Waals surface area contributed by atoms with Gasteiger partial charge in [0.1, 0.15) is 6.10 Å². The topological polar surface area (TPSA) is 162 Å². The molecule has 0 radical (unpaired) electrons. The molecule has 0 amide bonds. The molecule has 0 aliphatic carbocycles. The Balaban J connectivity index is 4.31. The highest BCUT2D eigenvalue weighted by atomic mass is 31.2. The van der Waals surface area contributed by atoms with Crippen molar-refractivity contribution >= 4 is 20.4 Å². The summed E-state index contributed by atoms with van der Waals surface area (Å²) in [6.07, 6.45) is -4.60. The van der Waals surface area contributed by atoms with Crippen LogP contribution in [0, 0.1) is 0 Å². The maximum absolute atomic E-state index is 10.3. The highest BCUT2D eigenvalue weighted by Crippen LogP contribution is 2.35. The predicted molar refractivity (Wildman–Crippen MR) is 51.7 cm³/mol. The minimum absolute atomic E-state index is 0.125. The summed E-state index contributed by atoms with van der Waals surface area (Å²) in [4.78, 5) is 37.2. The zero-order valence-corrected chi connectivity index (χ0v) is 9.43. The zero-order valence-electron chi connectivity index (χ0n) is 8.54. The lowest BCUT2D eigenvalue weighted by Gasteiger charge is -2.22. The van der Waals surface area contributed by atoms with E-state index >= 15 is 0 Å². The van der Waals surface area contributed by atoms with Gasteiger partial charge in [-0.25, -0.2) is 4.57 Å². The second kappa shape index (κ2) is 6.31. The summed E-state index contributed by atoms with van der Waals surface area (Å²) in [5.74, 6) is 0. The molecule has 17 heavy (non-hydrogen) atoms. The summed E-state index contributed by atoms with van der Waals surface area (Å²) >= 11 is 0. The molecule has 0 saturated carbocycles. The molecular weight excluding hydrogens is 259 g/mol. The molecule has 2 atom stereocenters. The largest absolute Gasteiger partial charge is 0.469 e. The third-order valence-corrected chi connectivity index (χ3v) is 2.29. The van der Waals surface area contributed by atoms with Crippen LogP contribution < -0.4 is 0 Å². The molecule has 9 nitrogen and oxygen atoms in total. The maximum Gasteiger partial charge on any atom is 0.469 e. The van der Waals surface area contributed by atoms with Gasteiger partial charge in [0, 0.05) is 6.42 Å². The molecule has 0 aromatic rings. The number of aldehydes is 2. The van der Waals surface area contributed by atoms with Crippen molar-refractivity contribution in [2.45, 2.75) is 24.2 Å². The van der Waals surface area contributed by atoms with E-state index in [0.29, 0.717) is 0 Å². The second-order valence-corrected chi connectivity index (χ2v) is 4.59. The SMILES string of the molecule is O=CC(O)(C=O)C[C@H](O)[C@H](O)COP(=O)(O)O. The Morgan fingerprint density at radius 1 is 1.18 bits per heavy atom. The number of hydrogen-bond acceptors (Lipinski definition) is 7. The van der Waals surface area contributed by atoms with E-state index in [9.17, 15) is 29.5 Å². The molecule has 0 bridgehead atoms. The molecule has 100 valence electrons. The van der Waals surface area contributed by atoms with Gasteiger partial charge in [0.25, 0.3) is 0 Å². The molecule has 0 aromatic carbocycles. The number of carbonyl (C=O) groups excluding carboxylic acids is 2. The smallest absolute Gasteiger partial charge is 0.390 e. The van der Waals surface area contributed by atoms with Crippen LogP contribution in [-0.4, -0.2) is 62.1 Å². The second-order valence-electron chi connectivity index (χ2n) is 3.35. The first kappa shape index (κ1) is 16.3. The number of phosphoric acid groups is 1. The van der Waals surface area contributed by atoms with Crippen molar-refractivity contribution in [1.29, 1.82) is 0 Å². The number of aliphatic hydroxyl groups is 3. The fraction of sp³-hybridized carbons (Fsp3) is 0.714. The maximum atomic E-state index is 10.3. The Bertz CT molecular complexity index is 302. The lowest BCUT2D eigenvalue weighted by Crippen LogP contribution is -2.42. The quantitative estimate of drug-likeness (QED) is 0.180. The van der Waals surface area contributed by atoms with Crippen molar-refractivity contribution < 1.29 is 43.8 Å². The minimum atomic E-state index is -4.80. The highest BCUT2D eigenvalue weighted by molar-refractivity contribution is 7.46. The monoisotopic (exact) mass is 272 g/mol. The first-order valence-electron chi connectivity index (χ1n) is 4.35. The third kappa shape index (κ3) is 6.59. The normalized spacial score (nSPS) is 16.3. The molecule has 5 N–H and O–H groups in total. The van der Waals surface area contributed by atoms with E-state index in [1.165, 1.54) is 0 Å². The molecule has 0 spiro atoms. The molecule has 0 aromatic heterocycles. The van der Waals surface area contributed by atoms with Crippen molar-refractivity contribution in [3.8, 4) is 0 Å². The summed E-state index contributed by atoms with van der Waals surface area (Å²) in [6, 6.07) is 0. The van der Waals surface area contributed by atoms with Gasteiger partial charge in [0.15, 0.2) is 18.2 Å². The lowest BCUT2D eigenvalue weighted by atomic mass is 9.97. The fourth-order valence-electron chi connectivity index (χ4n) is 0.880. The van der Waals surface area contributed by atoms with E-state index < -0.39 is 38.7 Å². The number of rotatable bonds is 8. The van der Waals surface area contributed by atoms with Gasteiger partial charge in [-0.3, -0.25) is 14.1 Å². The van der Waals surface area contributed by atoms with Gasteiger partial charge in [-0.15, -0.1) is 0 Å². The first-order valence-corrected chi connectivity index (χ1v) is 5.88. The molecule has 0 aliphatic rings. The number of carbonyl (C=O) groups is 2. The van der Waals surface area contributed by atoms with Gasteiger partial charge in [-0.1, -0.05) is 0 Å². The van der Waals surface area contributed by atoms with Crippen LogP contribution in [0.3, 0.4) is 0 Å². The molecule has 0 rings (SSSR count). The van der Waals surface area contributed by atoms with Crippen LogP contribution >= 0.6 is 7.82 Å². The Morgan fingerprint density at radius 2 is 1.65 bits per heavy atom. The third-order valence-electron chi connectivity index (χ3n) is 1.80. The molecule has 0 aliphatic heterocycles. The molecule has 0 saturated heterocycles. The van der Waals surface area contributed by atoms with Crippen molar-refractivity contribution in [3.63, 3.8) is 0 Å². The van der Waals surface area contributed by atoms with Crippen molar-refractivity contribution in [3.05, 3.63) is 0 Å². The Morgan fingerprint density at radius 3 is 2.00 bits per heavy atom. The predicted octanol–water partition coefficient (Wildman–Crippen LogP) is -2.66. The average molecular weight is 272 g/mol. The van der Waals surface area contributed by atoms with Gasteiger partial charge in [0.2, 0.25) is 0 Å². The number of hydrogen-bond donors (Lipinski definition) is 5. The van der Waals surface area contributed by atoms with Crippen LogP contribution in [0.15, 0.2) is 0 Å². The molecule has 0 fully saturated rings. The van der Waals surface area contributed by atoms with Gasteiger partial charge >= 0.3 is 7.82 Å². The number of phosphoric ester groups is 1. The van der Waals surface area contributed by atoms with Crippen molar-refractivity contribution in [2.75, 3.05) is 6.61 Å². The van der Waals surface area contributed by atoms with Crippen LogP contribution in [-0.2, 0) is 18.7 Å². The minimum Gasteiger partial charge on any atom is -0.390 e. The van der Waals surface area contributed by atoms with Gasteiger partial charge in [-0.05, 0) is 0 Å². The van der Waals surface area contributed by atoms with E-state index in [4.69, 9.17) is 9.79 Å². The Labute approximate surface area is 95.9 Å². The molecule has 10 heteroatoms. The van der Waals surface area contributed by atoms with Gasteiger partial charge in [-0.2, -0.15) is 0 Å². The summed E-state index contributed by atoms with van der Waals surface area (Å²) in [6.45, 7) is -0.917. The van der Waals surface area contributed by atoms with Crippen molar-refractivity contribution in [2.24, 2.45) is 0 Å². The summed E-state index contributed by atoms with van der Waals surface area (Å²) in [5.41, 5.74) is -2.46. The molecule has 0 unspecified atom stereocenters. The van der Waals surface area contributed by atoms with E-state index in [-0.39, 0.29) is 12.6 Å². The van der Waals surface area contributed by atoms with Crippen LogP contribution in [0.4, 0.5) is 0 Å². The van der Waals surface area contributed by atoms with E-state index in [1.54, 1.807) is 0 Å². The summed E-state index contributed by atoms with van der Waals surface area (Å²) < 4.78 is 14.2. The zero-order chi connectivity index (χ0) is 13.7. The summed E-state index contributed by atoms with van der Waals surface area (Å²) in [5, 5.41) is 27.6. The summed E-state index contributed by atoms with van der Waals surface area (Å²) in [7, 11) is -4.80.